The maximum atomic E-state index is 13.1. The minimum absolute atomic E-state index is 0.0152. The van der Waals surface area contributed by atoms with E-state index in [2.05, 4.69) is 5.32 Å². The molecule has 3 rings (SSSR count). The molecule has 2 amide bonds. The normalized spacial score (nSPS) is 12.8. The number of aliphatic hydroxyl groups is 1. The van der Waals surface area contributed by atoms with Gasteiger partial charge in [-0.05, 0) is 48.4 Å². The van der Waals surface area contributed by atoms with E-state index in [0.29, 0.717) is 29.9 Å². The Kier molecular flexibility index (Phi) is 6.16. The highest BCUT2D eigenvalue weighted by molar-refractivity contribution is 5.98. The lowest BCUT2D eigenvalue weighted by molar-refractivity contribution is -0.116. The van der Waals surface area contributed by atoms with Gasteiger partial charge in [0.2, 0.25) is 5.91 Å². The van der Waals surface area contributed by atoms with Gasteiger partial charge >= 0.3 is 0 Å². The third-order valence-electron chi connectivity index (χ3n) is 4.75. The fourth-order valence-corrected chi connectivity index (χ4v) is 3.28. The highest BCUT2D eigenvalue weighted by atomic mass is 16.5. The first-order chi connectivity index (χ1) is 13.5. The van der Waals surface area contributed by atoms with Gasteiger partial charge in [-0.25, -0.2) is 0 Å². The molecule has 0 spiro atoms. The second-order valence-electron chi connectivity index (χ2n) is 6.55. The number of hydrogen-bond donors (Lipinski definition) is 2. The molecule has 2 N–H and O–H groups in total. The summed E-state index contributed by atoms with van der Waals surface area (Å²) in [4.78, 5) is 26.2. The first-order valence-electron chi connectivity index (χ1n) is 9.09. The molecule has 0 atom stereocenters. The first-order valence-corrected chi connectivity index (χ1v) is 9.09. The Morgan fingerprint density at radius 1 is 1.14 bits per heavy atom. The van der Waals surface area contributed by atoms with E-state index in [4.69, 9.17) is 9.47 Å². The van der Waals surface area contributed by atoms with Crippen molar-refractivity contribution in [1.82, 2.24) is 4.90 Å². The van der Waals surface area contributed by atoms with Crippen molar-refractivity contribution in [3.63, 3.8) is 0 Å². The molecule has 0 fully saturated rings. The summed E-state index contributed by atoms with van der Waals surface area (Å²) in [6, 6.07) is 10.7. The number of ether oxygens (including phenoxy) is 2. The van der Waals surface area contributed by atoms with Gasteiger partial charge in [0.05, 0.1) is 20.8 Å². The van der Waals surface area contributed by atoms with Crippen LogP contribution in [0.1, 0.15) is 27.9 Å². The monoisotopic (exact) mass is 384 g/mol. The van der Waals surface area contributed by atoms with Crippen molar-refractivity contribution in [3.8, 4) is 11.5 Å². The van der Waals surface area contributed by atoms with Crippen LogP contribution >= 0.6 is 0 Å². The molecule has 0 bridgehead atoms. The summed E-state index contributed by atoms with van der Waals surface area (Å²) in [5, 5.41) is 12.3. The molecule has 7 heteroatoms. The lowest BCUT2D eigenvalue weighted by Crippen LogP contribution is -2.33. The van der Waals surface area contributed by atoms with Gasteiger partial charge in [-0.3, -0.25) is 9.59 Å². The number of fused-ring (bicyclic) bond motifs is 1. The predicted molar refractivity (Wildman–Crippen MR) is 105 cm³/mol. The fourth-order valence-electron chi connectivity index (χ4n) is 3.28. The lowest BCUT2D eigenvalue weighted by Gasteiger charge is -2.24. The minimum atomic E-state index is -0.196. The number of carbonyl (C=O) groups excluding carboxylic acids is 2. The summed E-state index contributed by atoms with van der Waals surface area (Å²) in [5.74, 6) is 1.10. The Hall–Kier alpha value is -3.06. The molecule has 0 aliphatic carbocycles. The number of nitrogens with one attached hydrogen (secondary N) is 1. The van der Waals surface area contributed by atoms with E-state index in [1.807, 2.05) is 12.1 Å². The highest BCUT2D eigenvalue weighted by Crippen LogP contribution is 2.27. The van der Waals surface area contributed by atoms with Crippen molar-refractivity contribution < 1.29 is 24.2 Å². The summed E-state index contributed by atoms with van der Waals surface area (Å²) >= 11 is 0. The van der Waals surface area contributed by atoms with Gasteiger partial charge in [0, 0.05) is 36.3 Å². The molecule has 1 aliphatic rings. The molecule has 7 nitrogen and oxygen atoms in total. The molecule has 1 heterocycles. The second-order valence-corrected chi connectivity index (χ2v) is 6.55. The number of benzene rings is 2. The van der Waals surface area contributed by atoms with E-state index in [1.54, 1.807) is 43.4 Å². The van der Waals surface area contributed by atoms with E-state index >= 15 is 0 Å². The first kappa shape index (κ1) is 19.7. The Balaban J connectivity index is 1.86. The molecule has 0 unspecified atom stereocenters. The van der Waals surface area contributed by atoms with Crippen molar-refractivity contribution in [2.24, 2.45) is 0 Å². The van der Waals surface area contributed by atoms with Crippen LogP contribution in [-0.4, -0.2) is 49.2 Å². The van der Waals surface area contributed by atoms with Crippen LogP contribution in [0.15, 0.2) is 36.4 Å². The van der Waals surface area contributed by atoms with Gasteiger partial charge in [0.25, 0.3) is 5.91 Å². The molecule has 2 aromatic carbocycles. The van der Waals surface area contributed by atoms with Crippen molar-refractivity contribution in [1.29, 1.82) is 0 Å². The molecule has 0 aromatic heterocycles. The van der Waals surface area contributed by atoms with E-state index in [9.17, 15) is 14.7 Å². The van der Waals surface area contributed by atoms with Crippen molar-refractivity contribution in [2.75, 3.05) is 32.7 Å². The maximum Gasteiger partial charge on any atom is 0.254 e. The van der Waals surface area contributed by atoms with Crippen LogP contribution in [0.2, 0.25) is 0 Å². The second kappa shape index (κ2) is 8.75. The summed E-state index contributed by atoms with van der Waals surface area (Å²) in [6.07, 6.45) is 1.01. The SMILES string of the molecule is COc1ccc(OC)c(CN(CCO)C(=O)c2ccc3c(c2)CCC(=O)N3)c1. The average molecular weight is 384 g/mol. The Bertz CT molecular complexity index is 881. The van der Waals surface area contributed by atoms with E-state index in [0.717, 1.165) is 16.8 Å². The number of aryl methyl sites for hydroxylation is 1. The molecule has 148 valence electrons. The molecule has 1 aliphatic heterocycles. The Labute approximate surface area is 163 Å². The number of anilines is 1. The zero-order chi connectivity index (χ0) is 20.1. The third kappa shape index (κ3) is 4.26. The molecule has 2 aromatic rings. The van der Waals surface area contributed by atoms with Gasteiger partial charge in [0.1, 0.15) is 11.5 Å². The van der Waals surface area contributed by atoms with Crippen molar-refractivity contribution in [2.45, 2.75) is 19.4 Å². The van der Waals surface area contributed by atoms with Crippen LogP contribution in [-0.2, 0) is 17.8 Å². The number of aliphatic hydroxyl groups excluding tert-OH is 1. The molecule has 0 radical (unpaired) electrons. The number of carbonyl (C=O) groups is 2. The quantitative estimate of drug-likeness (QED) is 0.764. The largest absolute Gasteiger partial charge is 0.497 e. The summed E-state index contributed by atoms with van der Waals surface area (Å²) in [6.45, 7) is 0.305. The van der Waals surface area contributed by atoms with E-state index in [-0.39, 0.29) is 31.5 Å². The molecule has 0 saturated carbocycles. The smallest absolute Gasteiger partial charge is 0.254 e. The molecular formula is C21H24N2O5. The van der Waals surface area contributed by atoms with E-state index in [1.165, 1.54) is 0 Å². The minimum Gasteiger partial charge on any atom is -0.497 e. The molecule has 28 heavy (non-hydrogen) atoms. The predicted octanol–water partition coefficient (Wildman–Crippen LogP) is 2.22. The molecular weight excluding hydrogens is 360 g/mol. The van der Waals surface area contributed by atoms with Gasteiger partial charge in [-0.15, -0.1) is 0 Å². The van der Waals surface area contributed by atoms with Crippen molar-refractivity contribution >= 4 is 17.5 Å². The van der Waals surface area contributed by atoms with Crippen LogP contribution in [0, 0.1) is 0 Å². The lowest BCUT2D eigenvalue weighted by atomic mass is 10.00. The zero-order valence-electron chi connectivity index (χ0n) is 16.0. The Morgan fingerprint density at radius 2 is 1.96 bits per heavy atom. The summed E-state index contributed by atoms with van der Waals surface area (Å²) in [7, 11) is 3.15. The van der Waals surface area contributed by atoms with Gasteiger partial charge in [-0.2, -0.15) is 0 Å². The number of hydrogen-bond acceptors (Lipinski definition) is 5. The number of methoxy groups -OCH3 is 2. The van der Waals surface area contributed by atoms with Crippen LogP contribution in [0.5, 0.6) is 11.5 Å². The highest BCUT2D eigenvalue weighted by Gasteiger charge is 2.21. The van der Waals surface area contributed by atoms with Crippen LogP contribution in [0.3, 0.4) is 0 Å². The maximum absolute atomic E-state index is 13.1. The standard InChI is InChI=1S/C21H24N2O5/c1-27-17-5-7-19(28-2)16(12-17)13-23(9-10-24)21(26)15-3-6-18-14(11-15)4-8-20(25)22-18/h3,5-7,11-12,24H,4,8-10,13H2,1-2H3,(H,22,25). The Morgan fingerprint density at radius 3 is 2.68 bits per heavy atom. The molecule has 0 saturated heterocycles. The van der Waals surface area contributed by atoms with E-state index < -0.39 is 0 Å². The number of rotatable bonds is 7. The van der Waals surface area contributed by atoms with Gasteiger partial charge in [-0.1, -0.05) is 0 Å². The van der Waals surface area contributed by atoms with Gasteiger partial charge < -0.3 is 24.8 Å². The third-order valence-corrected chi connectivity index (χ3v) is 4.75. The number of nitrogens with zero attached hydrogens (tertiary/aromatic N) is 1. The van der Waals surface area contributed by atoms with Crippen LogP contribution in [0.25, 0.3) is 0 Å². The van der Waals surface area contributed by atoms with Crippen molar-refractivity contribution in [3.05, 3.63) is 53.1 Å². The average Bonchev–Trinajstić information content (AvgIpc) is 2.72. The van der Waals surface area contributed by atoms with Crippen LogP contribution < -0.4 is 14.8 Å². The zero-order valence-corrected chi connectivity index (χ0v) is 16.0. The topological polar surface area (TPSA) is 88.1 Å². The number of amides is 2. The van der Waals surface area contributed by atoms with Gasteiger partial charge in [0.15, 0.2) is 0 Å². The summed E-state index contributed by atoms with van der Waals surface area (Å²) < 4.78 is 10.7. The summed E-state index contributed by atoms with van der Waals surface area (Å²) in [5.41, 5.74) is 2.99. The van der Waals surface area contributed by atoms with Crippen LogP contribution in [0.4, 0.5) is 5.69 Å². The fraction of sp³-hybridized carbons (Fsp3) is 0.333.